The molecule has 102 valence electrons. The number of aliphatic hydroxyl groups excluding tert-OH is 1. The second-order valence-electron chi connectivity index (χ2n) is 5.88. The highest BCUT2D eigenvalue weighted by Crippen LogP contribution is 2.17. The zero-order valence-electron chi connectivity index (χ0n) is 12.5. The summed E-state index contributed by atoms with van der Waals surface area (Å²) in [6.45, 7) is 9.96. The van der Waals surface area contributed by atoms with Gasteiger partial charge < -0.3 is 10.0 Å². The van der Waals surface area contributed by atoms with Crippen molar-refractivity contribution in [3.05, 3.63) is 34.9 Å². The zero-order chi connectivity index (χ0) is 13.8. The summed E-state index contributed by atoms with van der Waals surface area (Å²) in [4.78, 5) is 2.33. The third-order valence-corrected chi connectivity index (χ3v) is 4.06. The van der Waals surface area contributed by atoms with Crippen LogP contribution in [0.25, 0.3) is 0 Å². The molecule has 0 spiro atoms. The van der Waals surface area contributed by atoms with Crippen molar-refractivity contribution in [3.8, 4) is 0 Å². The summed E-state index contributed by atoms with van der Waals surface area (Å²) in [6.07, 6.45) is 1.88. The van der Waals surface area contributed by atoms with Gasteiger partial charge in [-0.2, -0.15) is 0 Å². The third kappa shape index (κ3) is 4.11. The molecule has 1 aromatic carbocycles. The van der Waals surface area contributed by atoms with E-state index in [1.807, 2.05) is 0 Å². The maximum Gasteiger partial charge on any atom is 0.0448 e. The van der Waals surface area contributed by atoms with Crippen LogP contribution in [0.1, 0.15) is 37.0 Å². The highest BCUT2D eigenvalue weighted by molar-refractivity contribution is 5.30. The van der Waals surface area contributed by atoms with Gasteiger partial charge in [0, 0.05) is 18.7 Å². The first kappa shape index (κ1) is 15.2. The van der Waals surface area contributed by atoms with E-state index in [9.17, 15) is 0 Å². The number of hydrogen-bond donors (Lipinski definition) is 1. The van der Waals surface area contributed by atoms with Crippen molar-refractivity contribution >= 4 is 0 Å². The van der Waals surface area contributed by atoms with Crippen LogP contribution in [-0.4, -0.2) is 35.7 Å². The van der Waals surface area contributed by atoms with E-state index in [4.69, 9.17) is 5.11 Å². The molecule has 0 radical (unpaired) electrons. The summed E-state index contributed by atoms with van der Waals surface area (Å²) in [7, 11) is 2.14. The zero-order valence-corrected chi connectivity index (χ0v) is 12.5. The topological polar surface area (TPSA) is 23.5 Å². The minimum atomic E-state index is 0.0640. The number of rotatable bonds is 6. The normalized spacial score (nSPS) is 12.2. The lowest BCUT2D eigenvalue weighted by atomic mass is 9.98. The summed E-state index contributed by atoms with van der Waals surface area (Å²) >= 11 is 0. The predicted molar refractivity (Wildman–Crippen MR) is 78.0 cm³/mol. The molecule has 18 heavy (non-hydrogen) atoms. The highest BCUT2D eigenvalue weighted by atomic mass is 16.3. The van der Waals surface area contributed by atoms with Crippen molar-refractivity contribution in [3.63, 3.8) is 0 Å². The summed E-state index contributed by atoms with van der Waals surface area (Å²) in [6, 6.07) is 6.70. The van der Waals surface area contributed by atoms with Gasteiger partial charge in [0.2, 0.25) is 0 Å². The van der Waals surface area contributed by atoms with Crippen molar-refractivity contribution in [2.75, 3.05) is 20.2 Å². The van der Waals surface area contributed by atoms with Crippen LogP contribution in [0.15, 0.2) is 18.2 Å². The van der Waals surface area contributed by atoms with Gasteiger partial charge in [0.15, 0.2) is 0 Å². The van der Waals surface area contributed by atoms with Gasteiger partial charge >= 0.3 is 0 Å². The van der Waals surface area contributed by atoms with Gasteiger partial charge in [-0.3, -0.25) is 0 Å². The number of benzene rings is 1. The molecular weight excluding hydrogens is 222 g/mol. The molecule has 0 heterocycles. The Balaban J connectivity index is 2.56. The Labute approximate surface area is 112 Å². The molecule has 1 N–H and O–H groups in total. The molecule has 2 heteroatoms. The molecule has 1 rings (SSSR count). The van der Waals surface area contributed by atoms with E-state index >= 15 is 0 Å². The number of nitrogens with zero attached hydrogens (tertiary/aromatic N) is 1. The Kier molecular flexibility index (Phi) is 5.36. The number of aliphatic hydroxyl groups is 1. The van der Waals surface area contributed by atoms with E-state index in [1.54, 1.807) is 0 Å². The Morgan fingerprint density at radius 1 is 1.17 bits per heavy atom. The number of aryl methyl sites for hydroxylation is 2. The third-order valence-electron chi connectivity index (χ3n) is 4.06. The fourth-order valence-electron chi connectivity index (χ4n) is 2.02. The van der Waals surface area contributed by atoms with Crippen LogP contribution in [0, 0.1) is 13.8 Å². The van der Waals surface area contributed by atoms with Gasteiger partial charge in [0.1, 0.15) is 0 Å². The molecule has 0 bridgehead atoms. The molecule has 0 aliphatic carbocycles. The maximum absolute atomic E-state index is 9.08. The quantitative estimate of drug-likeness (QED) is 0.838. The minimum Gasteiger partial charge on any atom is -0.396 e. The molecule has 1 aromatic rings. The van der Waals surface area contributed by atoms with E-state index in [0.717, 1.165) is 19.4 Å². The van der Waals surface area contributed by atoms with Gasteiger partial charge in [0.05, 0.1) is 0 Å². The van der Waals surface area contributed by atoms with Crippen LogP contribution in [-0.2, 0) is 6.42 Å². The van der Waals surface area contributed by atoms with Crippen LogP contribution in [0.3, 0.4) is 0 Å². The number of likely N-dealkylation sites (N-methyl/N-ethyl adjacent to an activating group) is 1. The average Bonchev–Trinajstić information content (AvgIpc) is 2.30. The van der Waals surface area contributed by atoms with Crippen LogP contribution in [0.5, 0.6) is 0 Å². The Morgan fingerprint density at radius 3 is 2.39 bits per heavy atom. The molecule has 0 aliphatic rings. The van der Waals surface area contributed by atoms with E-state index in [-0.39, 0.29) is 12.1 Å². The van der Waals surface area contributed by atoms with Crippen molar-refractivity contribution in [2.45, 2.75) is 46.1 Å². The summed E-state index contributed by atoms with van der Waals surface area (Å²) in [5, 5.41) is 9.08. The SMILES string of the molecule is Cc1ccc(CCN(C)C(C)(C)CCO)cc1C. The molecule has 0 saturated heterocycles. The summed E-state index contributed by atoms with van der Waals surface area (Å²) in [5.41, 5.74) is 4.18. The monoisotopic (exact) mass is 249 g/mol. The van der Waals surface area contributed by atoms with Gasteiger partial charge in [-0.1, -0.05) is 18.2 Å². The Hall–Kier alpha value is -0.860. The first-order valence-corrected chi connectivity index (χ1v) is 6.75. The van der Waals surface area contributed by atoms with Crippen molar-refractivity contribution in [2.24, 2.45) is 0 Å². The van der Waals surface area contributed by atoms with Crippen molar-refractivity contribution in [1.82, 2.24) is 4.90 Å². The first-order chi connectivity index (χ1) is 8.36. The standard InChI is InChI=1S/C16H27NO/c1-13-6-7-15(12-14(13)2)8-10-17(5)16(3,4)9-11-18/h6-7,12,18H,8-11H2,1-5H3. The second-order valence-corrected chi connectivity index (χ2v) is 5.88. The lowest BCUT2D eigenvalue weighted by molar-refractivity contribution is 0.118. The van der Waals surface area contributed by atoms with Crippen LogP contribution >= 0.6 is 0 Å². The molecule has 0 atom stereocenters. The molecule has 0 aromatic heterocycles. The average molecular weight is 249 g/mol. The minimum absolute atomic E-state index is 0.0640. The summed E-state index contributed by atoms with van der Waals surface area (Å²) < 4.78 is 0. The fourth-order valence-corrected chi connectivity index (χ4v) is 2.02. The van der Waals surface area contributed by atoms with Crippen molar-refractivity contribution < 1.29 is 5.11 Å². The maximum atomic E-state index is 9.08. The van der Waals surface area contributed by atoms with Gasteiger partial charge in [0.25, 0.3) is 0 Å². The molecule has 0 fully saturated rings. The largest absolute Gasteiger partial charge is 0.396 e. The van der Waals surface area contributed by atoms with E-state index in [2.05, 4.69) is 57.8 Å². The van der Waals surface area contributed by atoms with E-state index < -0.39 is 0 Å². The Morgan fingerprint density at radius 2 is 1.83 bits per heavy atom. The highest BCUT2D eigenvalue weighted by Gasteiger charge is 2.22. The van der Waals surface area contributed by atoms with Gasteiger partial charge in [-0.25, -0.2) is 0 Å². The van der Waals surface area contributed by atoms with Crippen LogP contribution < -0.4 is 0 Å². The molecule has 0 saturated carbocycles. The van der Waals surface area contributed by atoms with Gasteiger partial charge in [-0.15, -0.1) is 0 Å². The molecule has 0 unspecified atom stereocenters. The predicted octanol–water partition coefficient (Wildman–Crippen LogP) is 2.94. The smallest absolute Gasteiger partial charge is 0.0448 e. The molecule has 2 nitrogen and oxygen atoms in total. The number of hydrogen-bond acceptors (Lipinski definition) is 2. The first-order valence-electron chi connectivity index (χ1n) is 6.75. The van der Waals surface area contributed by atoms with Crippen molar-refractivity contribution in [1.29, 1.82) is 0 Å². The van der Waals surface area contributed by atoms with Crippen LogP contribution in [0.4, 0.5) is 0 Å². The fraction of sp³-hybridized carbons (Fsp3) is 0.625. The summed E-state index contributed by atoms with van der Waals surface area (Å²) in [5.74, 6) is 0. The molecule has 0 aliphatic heterocycles. The molecular formula is C16H27NO. The lowest BCUT2D eigenvalue weighted by Gasteiger charge is -2.35. The second kappa shape index (κ2) is 6.35. The van der Waals surface area contributed by atoms with Crippen LogP contribution in [0.2, 0.25) is 0 Å². The lowest BCUT2D eigenvalue weighted by Crippen LogP contribution is -2.42. The molecule has 0 amide bonds. The van der Waals surface area contributed by atoms with Gasteiger partial charge in [-0.05, 0) is 64.3 Å². The Bertz CT molecular complexity index is 385. The van der Waals surface area contributed by atoms with E-state index in [0.29, 0.717) is 0 Å². The van der Waals surface area contributed by atoms with E-state index in [1.165, 1.54) is 16.7 Å².